The summed E-state index contributed by atoms with van der Waals surface area (Å²) in [5.41, 5.74) is 7.88. The summed E-state index contributed by atoms with van der Waals surface area (Å²) in [4.78, 5) is 26.6. The van der Waals surface area contributed by atoms with Crippen molar-refractivity contribution in [3.05, 3.63) is 30.5 Å². The summed E-state index contributed by atoms with van der Waals surface area (Å²) < 4.78 is 4.82. The van der Waals surface area contributed by atoms with E-state index in [9.17, 15) is 9.59 Å². The van der Waals surface area contributed by atoms with E-state index in [0.717, 1.165) is 5.56 Å². The average molecular weight is 286 g/mol. The molecule has 0 spiro atoms. The van der Waals surface area contributed by atoms with Gasteiger partial charge in [0.2, 0.25) is 17.7 Å². The molecule has 7 nitrogen and oxygen atoms in total. The van der Waals surface area contributed by atoms with Crippen molar-refractivity contribution in [2.45, 2.75) is 0 Å². The molecule has 0 saturated carbocycles. The maximum atomic E-state index is 12.0. The third kappa shape index (κ3) is 2.33. The lowest BCUT2D eigenvalue weighted by atomic mass is 10.1. The first kappa shape index (κ1) is 13.2. The number of carbonyl (C=O) groups is 2. The van der Waals surface area contributed by atoms with Crippen molar-refractivity contribution < 1.29 is 14.1 Å². The number of piperazine rings is 1. The van der Waals surface area contributed by atoms with Gasteiger partial charge in [-0.15, -0.1) is 0 Å². The largest absolute Gasteiger partial charge is 0.367 e. The van der Waals surface area contributed by atoms with Crippen LogP contribution in [0.4, 0.5) is 11.6 Å². The molecule has 7 heteroatoms. The standard InChI is InChI=1S/C14H14N4O3/c1-17-7-13(20)18(8-12(17)19)10-4-2-9(3-5-10)11-6-16-21-14(11)15/h2-6H,7-8,15H2,1H3. The lowest BCUT2D eigenvalue weighted by molar-refractivity contribution is -0.136. The molecule has 1 aliphatic heterocycles. The zero-order valence-corrected chi connectivity index (χ0v) is 11.4. The van der Waals surface area contributed by atoms with Gasteiger partial charge in [0.05, 0.1) is 18.3 Å². The summed E-state index contributed by atoms with van der Waals surface area (Å²) in [7, 11) is 1.62. The molecular formula is C14H14N4O3. The van der Waals surface area contributed by atoms with Gasteiger partial charge in [0.15, 0.2) is 0 Å². The monoisotopic (exact) mass is 286 g/mol. The van der Waals surface area contributed by atoms with E-state index in [1.807, 2.05) is 12.1 Å². The number of rotatable bonds is 2. The summed E-state index contributed by atoms with van der Waals surface area (Å²) in [5, 5.41) is 3.63. The van der Waals surface area contributed by atoms with Crippen LogP contribution in [0.3, 0.4) is 0 Å². The molecular weight excluding hydrogens is 272 g/mol. The number of carbonyl (C=O) groups excluding carboxylic acids is 2. The lowest BCUT2D eigenvalue weighted by Crippen LogP contribution is -2.52. The van der Waals surface area contributed by atoms with Crippen LogP contribution < -0.4 is 10.6 Å². The smallest absolute Gasteiger partial charge is 0.247 e. The SMILES string of the molecule is CN1CC(=O)N(c2ccc(-c3cnoc3N)cc2)CC1=O. The van der Waals surface area contributed by atoms with Gasteiger partial charge in [-0.25, -0.2) is 0 Å². The molecule has 1 saturated heterocycles. The molecule has 21 heavy (non-hydrogen) atoms. The Labute approximate surface area is 120 Å². The Kier molecular flexibility index (Phi) is 3.09. The molecule has 0 atom stereocenters. The summed E-state index contributed by atoms with van der Waals surface area (Å²) in [6.45, 7) is 0.156. The minimum absolute atomic E-state index is 0.0596. The number of benzene rings is 1. The van der Waals surface area contributed by atoms with E-state index >= 15 is 0 Å². The zero-order valence-electron chi connectivity index (χ0n) is 11.4. The Bertz CT molecular complexity index is 692. The van der Waals surface area contributed by atoms with Crippen molar-refractivity contribution in [1.29, 1.82) is 0 Å². The van der Waals surface area contributed by atoms with Gasteiger partial charge in [-0.3, -0.25) is 9.59 Å². The van der Waals surface area contributed by atoms with Crippen molar-refractivity contribution in [3.8, 4) is 11.1 Å². The Morgan fingerprint density at radius 2 is 1.86 bits per heavy atom. The lowest BCUT2D eigenvalue weighted by Gasteiger charge is -2.31. The van der Waals surface area contributed by atoms with Crippen LogP contribution in [0.25, 0.3) is 11.1 Å². The van der Waals surface area contributed by atoms with E-state index in [2.05, 4.69) is 5.16 Å². The van der Waals surface area contributed by atoms with Crippen LogP contribution in [0.2, 0.25) is 0 Å². The first-order valence-electron chi connectivity index (χ1n) is 6.41. The number of hydrogen-bond acceptors (Lipinski definition) is 5. The molecule has 1 aromatic heterocycles. The molecule has 1 aliphatic rings. The predicted molar refractivity (Wildman–Crippen MR) is 76.3 cm³/mol. The van der Waals surface area contributed by atoms with Crippen molar-refractivity contribution >= 4 is 23.4 Å². The molecule has 2 N–H and O–H groups in total. The van der Waals surface area contributed by atoms with E-state index in [1.54, 1.807) is 19.2 Å². The van der Waals surface area contributed by atoms with Crippen LogP contribution in [-0.4, -0.2) is 42.0 Å². The number of anilines is 2. The fourth-order valence-corrected chi connectivity index (χ4v) is 2.24. The molecule has 2 heterocycles. The average Bonchev–Trinajstić information content (AvgIpc) is 2.89. The Morgan fingerprint density at radius 3 is 2.48 bits per heavy atom. The predicted octanol–water partition coefficient (Wildman–Crippen LogP) is 0.729. The fourth-order valence-electron chi connectivity index (χ4n) is 2.24. The third-order valence-corrected chi connectivity index (χ3v) is 3.48. The number of nitrogens with zero attached hydrogens (tertiary/aromatic N) is 3. The number of nitrogen functional groups attached to an aromatic ring is 1. The molecule has 1 aromatic carbocycles. The van der Waals surface area contributed by atoms with Crippen LogP contribution in [0.15, 0.2) is 35.0 Å². The molecule has 0 aliphatic carbocycles. The maximum Gasteiger partial charge on any atom is 0.247 e. The summed E-state index contributed by atoms with van der Waals surface area (Å²) in [5.74, 6) is 0.0601. The molecule has 0 radical (unpaired) electrons. The van der Waals surface area contributed by atoms with Crippen molar-refractivity contribution in [1.82, 2.24) is 10.1 Å². The van der Waals surface area contributed by atoms with Gasteiger partial charge in [0, 0.05) is 12.7 Å². The number of hydrogen-bond donors (Lipinski definition) is 1. The second-order valence-corrected chi connectivity index (χ2v) is 4.88. The van der Waals surface area contributed by atoms with E-state index in [1.165, 1.54) is 16.0 Å². The highest BCUT2D eigenvalue weighted by Gasteiger charge is 2.28. The van der Waals surface area contributed by atoms with Crippen molar-refractivity contribution in [2.75, 3.05) is 30.8 Å². The van der Waals surface area contributed by atoms with E-state index in [-0.39, 0.29) is 30.8 Å². The fraction of sp³-hybridized carbons (Fsp3) is 0.214. The Hall–Kier alpha value is -2.83. The highest BCUT2D eigenvalue weighted by Crippen LogP contribution is 2.27. The highest BCUT2D eigenvalue weighted by molar-refractivity contribution is 6.04. The van der Waals surface area contributed by atoms with Crippen LogP contribution >= 0.6 is 0 Å². The van der Waals surface area contributed by atoms with Gasteiger partial charge >= 0.3 is 0 Å². The van der Waals surface area contributed by atoms with E-state index in [0.29, 0.717) is 11.3 Å². The third-order valence-electron chi connectivity index (χ3n) is 3.48. The minimum atomic E-state index is -0.102. The first-order chi connectivity index (χ1) is 10.1. The van der Waals surface area contributed by atoms with Gasteiger partial charge in [-0.1, -0.05) is 17.3 Å². The minimum Gasteiger partial charge on any atom is -0.367 e. The van der Waals surface area contributed by atoms with Gasteiger partial charge in [0.1, 0.15) is 6.54 Å². The van der Waals surface area contributed by atoms with E-state index < -0.39 is 0 Å². The summed E-state index contributed by atoms with van der Waals surface area (Å²) >= 11 is 0. The molecule has 3 rings (SSSR count). The molecule has 108 valence electrons. The van der Waals surface area contributed by atoms with Crippen LogP contribution in [0, 0.1) is 0 Å². The number of nitrogens with two attached hydrogens (primary N) is 1. The number of likely N-dealkylation sites (N-methyl/N-ethyl adjacent to an activating group) is 1. The number of amides is 2. The van der Waals surface area contributed by atoms with Crippen LogP contribution in [0.1, 0.15) is 0 Å². The first-order valence-corrected chi connectivity index (χ1v) is 6.41. The molecule has 2 aromatic rings. The summed E-state index contributed by atoms with van der Waals surface area (Å²) in [6, 6.07) is 7.18. The van der Waals surface area contributed by atoms with Gasteiger partial charge in [-0.05, 0) is 17.7 Å². The normalized spacial score (nSPS) is 15.7. The quantitative estimate of drug-likeness (QED) is 0.878. The summed E-state index contributed by atoms with van der Waals surface area (Å²) in [6.07, 6.45) is 1.54. The molecule has 2 amide bonds. The van der Waals surface area contributed by atoms with Gasteiger partial charge < -0.3 is 20.1 Å². The Morgan fingerprint density at radius 1 is 1.14 bits per heavy atom. The second-order valence-electron chi connectivity index (χ2n) is 4.88. The second kappa shape index (κ2) is 4.93. The molecule has 1 fully saturated rings. The van der Waals surface area contributed by atoms with Crippen LogP contribution in [0.5, 0.6) is 0 Å². The van der Waals surface area contributed by atoms with Gasteiger partial charge in [-0.2, -0.15) is 0 Å². The van der Waals surface area contributed by atoms with Gasteiger partial charge in [0.25, 0.3) is 0 Å². The maximum absolute atomic E-state index is 12.0. The number of aromatic nitrogens is 1. The van der Waals surface area contributed by atoms with Crippen LogP contribution in [-0.2, 0) is 9.59 Å². The van der Waals surface area contributed by atoms with Crippen molar-refractivity contribution in [3.63, 3.8) is 0 Å². The topological polar surface area (TPSA) is 92.7 Å². The van der Waals surface area contributed by atoms with Crippen molar-refractivity contribution in [2.24, 2.45) is 0 Å². The molecule has 0 unspecified atom stereocenters. The Balaban J connectivity index is 1.86. The zero-order chi connectivity index (χ0) is 15.0. The molecule has 0 bridgehead atoms. The van der Waals surface area contributed by atoms with E-state index in [4.69, 9.17) is 10.3 Å². The highest BCUT2D eigenvalue weighted by atomic mass is 16.5.